The van der Waals surface area contributed by atoms with E-state index in [9.17, 15) is 18.0 Å². The van der Waals surface area contributed by atoms with E-state index >= 15 is 0 Å². The van der Waals surface area contributed by atoms with Gasteiger partial charge in [-0.05, 0) is 55.3 Å². The maximum Gasteiger partial charge on any atom is 0.416 e. The average molecular weight is 293 g/mol. The SMILES string of the molecule is Cc1cc(C)cc(NC(=O)c2cccc(C(F)(F)F)c2)c1. The minimum Gasteiger partial charge on any atom is -0.322 e. The van der Waals surface area contributed by atoms with E-state index in [1.54, 1.807) is 12.1 Å². The van der Waals surface area contributed by atoms with Crippen molar-refractivity contribution in [1.82, 2.24) is 0 Å². The summed E-state index contributed by atoms with van der Waals surface area (Å²) in [5.41, 5.74) is 1.64. The number of carbonyl (C=O) groups is 1. The normalized spacial score (nSPS) is 11.3. The van der Waals surface area contributed by atoms with E-state index in [0.29, 0.717) is 5.69 Å². The minimum atomic E-state index is -4.46. The number of benzene rings is 2. The number of hydrogen-bond donors (Lipinski definition) is 1. The first kappa shape index (κ1) is 15.1. The Morgan fingerprint density at radius 1 is 1.00 bits per heavy atom. The Kier molecular flexibility index (Phi) is 4.02. The lowest BCUT2D eigenvalue weighted by molar-refractivity contribution is -0.137. The van der Waals surface area contributed by atoms with Crippen LogP contribution >= 0.6 is 0 Å². The largest absolute Gasteiger partial charge is 0.416 e. The molecule has 0 aliphatic rings. The monoisotopic (exact) mass is 293 g/mol. The third kappa shape index (κ3) is 3.84. The summed E-state index contributed by atoms with van der Waals surface area (Å²) in [7, 11) is 0. The summed E-state index contributed by atoms with van der Waals surface area (Å²) in [4.78, 5) is 12.0. The van der Waals surface area contributed by atoms with Crippen molar-refractivity contribution in [3.05, 3.63) is 64.7 Å². The summed E-state index contributed by atoms with van der Waals surface area (Å²) in [6.07, 6.45) is -4.46. The van der Waals surface area contributed by atoms with Crippen molar-refractivity contribution in [2.75, 3.05) is 5.32 Å². The molecule has 5 heteroatoms. The van der Waals surface area contributed by atoms with E-state index in [1.807, 2.05) is 19.9 Å². The number of nitrogens with one attached hydrogen (secondary N) is 1. The summed E-state index contributed by atoms with van der Waals surface area (Å²) in [6.45, 7) is 3.76. The number of hydrogen-bond acceptors (Lipinski definition) is 1. The van der Waals surface area contributed by atoms with Gasteiger partial charge in [0.2, 0.25) is 0 Å². The molecule has 0 radical (unpaired) electrons. The first-order valence-electron chi connectivity index (χ1n) is 6.32. The molecule has 21 heavy (non-hydrogen) atoms. The Labute approximate surface area is 120 Å². The molecule has 1 amide bonds. The molecule has 0 aliphatic heterocycles. The topological polar surface area (TPSA) is 29.1 Å². The summed E-state index contributed by atoms with van der Waals surface area (Å²) in [6, 6.07) is 9.83. The Bertz CT molecular complexity index is 657. The highest BCUT2D eigenvalue weighted by Gasteiger charge is 2.30. The third-order valence-electron chi connectivity index (χ3n) is 2.93. The smallest absolute Gasteiger partial charge is 0.322 e. The number of rotatable bonds is 2. The number of anilines is 1. The van der Waals surface area contributed by atoms with Crippen LogP contribution in [0.1, 0.15) is 27.0 Å². The van der Waals surface area contributed by atoms with Crippen molar-refractivity contribution >= 4 is 11.6 Å². The molecule has 0 aliphatic carbocycles. The van der Waals surface area contributed by atoms with Crippen LogP contribution in [0.3, 0.4) is 0 Å². The summed E-state index contributed by atoms with van der Waals surface area (Å²) >= 11 is 0. The lowest BCUT2D eigenvalue weighted by atomic mass is 10.1. The minimum absolute atomic E-state index is 0.0241. The van der Waals surface area contributed by atoms with Crippen LogP contribution in [0.2, 0.25) is 0 Å². The van der Waals surface area contributed by atoms with Gasteiger partial charge in [0.25, 0.3) is 5.91 Å². The van der Waals surface area contributed by atoms with Crippen LogP contribution in [0.4, 0.5) is 18.9 Å². The van der Waals surface area contributed by atoms with Gasteiger partial charge in [0.1, 0.15) is 0 Å². The van der Waals surface area contributed by atoms with Gasteiger partial charge < -0.3 is 5.32 Å². The standard InChI is InChI=1S/C16H14F3NO/c1-10-6-11(2)8-14(7-10)20-15(21)12-4-3-5-13(9-12)16(17,18)19/h3-9H,1-2H3,(H,20,21). The first-order chi connectivity index (χ1) is 9.75. The molecular weight excluding hydrogens is 279 g/mol. The van der Waals surface area contributed by atoms with Crippen LogP contribution in [-0.2, 0) is 6.18 Å². The van der Waals surface area contributed by atoms with Crippen molar-refractivity contribution in [1.29, 1.82) is 0 Å². The molecule has 2 rings (SSSR count). The Morgan fingerprint density at radius 3 is 2.19 bits per heavy atom. The fourth-order valence-electron chi connectivity index (χ4n) is 2.09. The van der Waals surface area contributed by atoms with Gasteiger partial charge in [-0.2, -0.15) is 13.2 Å². The fraction of sp³-hybridized carbons (Fsp3) is 0.188. The van der Waals surface area contributed by atoms with Crippen molar-refractivity contribution in [3.8, 4) is 0 Å². The Morgan fingerprint density at radius 2 is 1.62 bits per heavy atom. The van der Waals surface area contributed by atoms with Crippen LogP contribution in [0.5, 0.6) is 0 Å². The quantitative estimate of drug-likeness (QED) is 0.863. The van der Waals surface area contributed by atoms with Gasteiger partial charge in [0.15, 0.2) is 0 Å². The maximum absolute atomic E-state index is 12.6. The Balaban J connectivity index is 2.24. The number of halogens is 3. The molecule has 0 bridgehead atoms. The molecule has 0 atom stereocenters. The molecule has 0 unspecified atom stereocenters. The summed E-state index contributed by atoms with van der Waals surface area (Å²) in [5, 5.41) is 2.61. The Hall–Kier alpha value is -2.30. The van der Waals surface area contributed by atoms with Gasteiger partial charge in [0, 0.05) is 11.3 Å². The molecule has 2 nitrogen and oxygen atoms in total. The molecule has 0 fully saturated rings. The second-order valence-electron chi connectivity index (χ2n) is 4.91. The molecule has 1 N–H and O–H groups in total. The van der Waals surface area contributed by atoms with Gasteiger partial charge in [-0.1, -0.05) is 12.1 Å². The van der Waals surface area contributed by atoms with E-state index in [4.69, 9.17) is 0 Å². The molecule has 0 saturated carbocycles. The summed E-state index contributed by atoms with van der Waals surface area (Å²) < 4.78 is 37.9. The van der Waals surface area contributed by atoms with Crippen LogP contribution < -0.4 is 5.32 Å². The average Bonchev–Trinajstić information content (AvgIpc) is 2.36. The molecule has 2 aromatic rings. The number of alkyl halides is 3. The predicted molar refractivity (Wildman–Crippen MR) is 75.3 cm³/mol. The zero-order valence-corrected chi connectivity index (χ0v) is 11.6. The maximum atomic E-state index is 12.6. The second-order valence-corrected chi connectivity index (χ2v) is 4.91. The van der Waals surface area contributed by atoms with E-state index in [0.717, 1.165) is 23.3 Å². The molecule has 0 saturated heterocycles. The highest BCUT2D eigenvalue weighted by molar-refractivity contribution is 6.04. The zero-order valence-electron chi connectivity index (χ0n) is 11.6. The molecule has 110 valence electrons. The molecular formula is C16H14F3NO. The molecule has 0 spiro atoms. The fourth-order valence-corrected chi connectivity index (χ4v) is 2.09. The lowest BCUT2D eigenvalue weighted by Crippen LogP contribution is -2.14. The molecule has 0 heterocycles. The van der Waals surface area contributed by atoms with E-state index < -0.39 is 17.6 Å². The predicted octanol–water partition coefficient (Wildman–Crippen LogP) is 4.57. The van der Waals surface area contributed by atoms with Crippen LogP contribution in [-0.4, -0.2) is 5.91 Å². The lowest BCUT2D eigenvalue weighted by Gasteiger charge is -2.10. The van der Waals surface area contributed by atoms with Gasteiger partial charge in [-0.15, -0.1) is 0 Å². The van der Waals surface area contributed by atoms with Gasteiger partial charge in [-0.25, -0.2) is 0 Å². The van der Waals surface area contributed by atoms with Crippen LogP contribution in [0.25, 0.3) is 0 Å². The summed E-state index contributed by atoms with van der Waals surface area (Å²) in [5.74, 6) is -0.564. The van der Waals surface area contributed by atoms with E-state index in [2.05, 4.69) is 5.32 Å². The van der Waals surface area contributed by atoms with Crippen molar-refractivity contribution < 1.29 is 18.0 Å². The number of aryl methyl sites for hydroxylation is 2. The number of amides is 1. The van der Waals surface area contributed by atoms with Gasteiger partial charge in [-0.3, -0.25) is 4.79 Å². The van der Waals surface area contributed by atoms with Crippen LogP contribution in [0.15, 0.2) is 42.5 Å². The van der Waals surface area contributed by atoms with Crippen molar-refractivity contribution in [2.24, 2.45) is 0 Å². The van der Waals surface area contributed by atoms with E-state index in [1.165, 1.54) is 12.1 Å². The van der Waals surface area contributed by atoms with E-state index in [-0.39, 0.29) is 5.56 Å². The first-order valence-corrected chi connectivity index (χ1v) is 6.32. The second kappa shape index (κ2) is 5.60. The zero-order chi connectivity index (χ0) is 15.6. The van der Waals surface area contributed by atoms with Gasteiger partial charge in [0.05, 0.1) is 5.56 Å². The number of carbonyl (C=O) groups excluding carboxylic acids is 1. The van der Waals surface area contributed by atoms with Crippen molar-refractivity contribution in [2.45, 2.75) is 20.0 Å². The third-order valence-corrected chi connectivity index (χ3v) is 2.93. The highest BCUT2D eigenvalue weighted by Crippen LogP contribution is 2.29. The molecule has 0 aromatic heterocycles. The van der Waals surface area contributed by atoms with Crippen LogP contribution in [0, 0.1) is 13.8 Å². The molecule has 2 aromatic carbocycles. The van der Waals surface area contributed by atoms with Crippen molar-refractivity contribution in [3.63, 3.8) is 0 Å². The van der Waals surface area contributed by atoms with Gasteiger partial charge >= 0.3 is 6.18 Å². The highest BCUT2D eigenvalue weighted by atomic mass is 19.4.